The monoisotopic (exact) mass is 477 g/mol. The van der Waals surface area contributed by atoms with Crippen molar-refractivity contribution in [2.45, 2.75) is 6.61 Å². The van der Waals surface area contributed by atoms with E-state index < -0.39 is 35.1 Å². The minimum atomic E-state index is -3.28. The van der Waals surface area contributed by atoms with Gasteiger partial charge in [0.1, 0.15) is 17.0 Å². The van der Waals surface area contributed by atoms with Crippen molar-refractivity contribution in [3.05, 3.63) is 58.1 Å². The van der Waals surface area contributed by atoms with E-state index in [9.17, 15) is 23.5 Å². The number of anilines is 2. The molecule has 34 heavy (non-hydrogen) atoms. The van der Waals surface area contributed by atoms with Crippen molar-refractivity contribution in [1.29, 1.82) is 0 Å². The first-order valence-corrected chi connectivity index (χ1v) is 10.4. The molecule has 0 amide bonds. The predicted molar refractivity (Wildman–Crippen MR) is 120 cm³/mol. The number of ether oxygens (including phenoxy) is 2. The smallest absolute Gasteiger partial charge is 0.387 e. The lowest BCUT2D eigenvalue weighted by Gasteiger charge is -2.38. The van der Waals surface area contributed by atoms with Crippen LogP contribution in [-0.4, -0.2) is 55.5 Å². The van der Waals surface area contributed by atoms with E-state index in [-0.39, 0.29) is 16.6 Å². The first-order valence-electron chi connectivity index (χ1n) is 10.4. The fraction of sp³-hybridized carbons (Fsp3) is 0.304. The number of hydrogen-bond acceptors (Lipinski definition) is 6. The summed E-state index contributed by atoms with van der Waals surface area (Å²) in [5, 5.41) is 8.91. The Balaban J connectivity index is 1.76. The second kappa shape index (κ2) is 9.16. The number of hydrogen-bond donors (Lipinski definition) is 1. The number of pyridine rings is 1. The molecule has 2 aromatic carbocycles. The molecule has 180 valence electrons. The molecule has 0 bridgehead atoms. The van der Waals surface area contributed by atoms with E-state index in [1.165, 1.54) is 11.6 Å². The standard InChI is InChI=1S/C23H22F3N3O5/c1-27-12-16(22(31)32)20(30)15-11-17(24)19(21(18(15)27)34-23(25)26)29-8-6-28(7-9-29)13-4-3-5-14(10-13)33-2/h3-5,10-12,23H,6-9H2,1-2H3,(H,31,32). The lowest BCUT2D eigenvalue weighted by Crippen LogP contribution is -2.47. The molecular formula is C23H22F3N3O5. The summed E-state index contributed by atoms with van der Waals surface area (Å²) in [6, 6.07) is 8.33. The number of rotatable bonds is 6. The number of carbonyl (C=O) groups is 1. The summed E-state index contributed by atoms with van der Waals surface area (Å²) in [6.45, 7) is -1.76. The lowest BCUT2D eigenvalue weighted by molar-refractivity contribution is -0.0488. The molecule has 0 saturated carbocycles. The van der Waals surface area contributed by atoms with Crippen molar-refractivity contribution < 1.29 is 32.5 Å². The molecule has 8 nitrogen and oxygen atoms in total. The topological polar surface area (TPSA) is 84.2 Å². The van der Waals surface area contributed by atoms with Gasteiger partial charge in [-0.05, 0) is 18.2 Å². The van der Waals surface area contributed by atoms with Crippen LogP contribution >= 0.6 is 0 Å². The van der Waals surface area contributed by atoms with Crippen LogP contribution in [-0.2, 0) is 7.05 Å². The molecule has 11 heteroatoms. The number of methoxy groups -OCH3 is 1. The third-order valence-electron chi connectivity index (χ3n) is 5.80. The van der Waals surface area contributed by atoms with Gasteiger partial charge in [-0.25, -0.2) is 9.18 Å². The summed E-state index contributed by atoms with van der Waals surface area (Å²) in [4.78, 5) is 27.6. The number of fused-ring (bicyclic) bond motifs is 1. The molecule has 0 aliphatic carbocycles. The van der Waals surface area contributed by atoms with Crippen LogP contribution in [0.15, 0.2) is 41.3 Å². The van der Waals surface area contributed by atoms with Gasteiger partial charge < -0.3 is 28.9 Å². The van der Waals surface area contributed by atoms with Crippen LogP contribution in [0.1, 0.15) is 10.4 Å². The Bertz CT molecular complexity index is 1300. The van der Waals surface area contributed by atoms with Gasteiger partial charge in [-0.15, -0.1) is 0 Å². The lowest BCUT2D eigenvalue weighted by atomic mass is 10.1. The van der Waals surface area contributed by atoms with Crippen molar-refractivity contribution in [1.82, 2.24) is 4.57 Å². The molecule has 1 aliphatic rings. The molecule has 2 heterocycles. The number of piperazine rings is 1. The van der Waals surface area contributed by atoms with E-state index in [1.54, 1.807) is 12.0 Å². The Morgan fingerprint density at radius 2 is 1.79 bits per heavy atom. The summed E-state index contributed by atoms with van der Waals surface area (Å²) in [6.07, 6.45) is 1.01. The van der Waals surface area contributed by atoms with Gasteiger partial charge in [0.25, 0.3) is 0 Å². The average molecular weight is 477 g/mol. The highest BCUT2D eigenvalue weighted by Gasteiger charge is 2.29. The molecule has 0 unspecified atom stereocenters. The van der Waals surface area contributed by atoms with E-state index in [0.717, 1.165) is 18.0 Å². The summed E-state index contributed by atoms with van der Waals surface area (Å²) >= 11 is 0. The van der Waals surface area contributed by atoms with Gasteiger partial charge in [0.2, 0.25) is 5.43 Å². The van der Waals surface area contributed by atoms with Crippen LogP contribution in [0.2, 0.25) is 0 Å². The highest BCUT2D eigenvalue weighted by Crippen LogP contribution is 2.39. The van der Waals surface area contributed by atoms with E-state index >= 15 is 4.39 Å². The Morgan fingerprint density at radius 3 is 2.41 bits per heavy atom. The van der Waals surface area contributed by atoms with Crippen LogP contribution in [0.4, 0.5) is 24.5 Å². The molecule has 0 spiro atoms. The van der Waals surface area contributed by atoms with Gasteiger partial charge in [0, 0.05) is 51.2 Å². The summed E-state index contributed by atoms with van der Waals surface area (Å²) in [5.41, 5.74) is -0.978. The molecule has 1 aromatic heterocycles. The minimum Gasteiger partial charge on any atom is -0.497 e. The molecule has 1 fully saturated rings. The number of aromatic carboxylic acids is 1. The molecule has 4 rings (SSSR count). The zero-order valence-corrected chi connectivity index (χ0v) is 18.4. The van der Waals surface area contributed by atoms with Crippen molar-refractivity contribution >= 4 is 28.2 Å². The molecule has 1 N–H and O–H groups in total. The Kier molecular flexibility index (Phi) is 6.27. The molecular weight excluding hydrogens is 455 g/mol. The summed E-state index contributed by atoms with van der Waals surface area (Å²) in [5.74, 6) is -2.26. The van der Waals surface area contributed by atoms with Crippen LogP contribution in [0, 0.1) is 5.82 Å². The van der Waals surface area contributed by atoms with Crippen molar-refractivity contribution in [3.8, 4) is 11.5 Å². The summed E-state index contributed by atoms with van der Waals surface area (Å²) in [7, 11) is 2.95. The second-order valence-electron chi connectivity index (χ2n) is 7.77. The molecule has 0 radical (unpaired) electrons. The number of carboxylic acids is 1. The number of carboxylic acid groups (broad SMARTS) is 1. The molecule has 1 saturated heterocycles. The number of alkyl halides is 2. The number of aromatic nitrogens is 1. The first-order chi connectivity index (χ1) is 16.2. The number of aryl methyl sites for hydroxylation is 1. The van der Waals surface area contributed by atoms with Gasteiger partial charge in [0.05, 0.1) is 18.0 Å². The van der Waals surface area contributed by atoms with Crippen LogP contribution < -0.4 is 24.7 Å². The number of nitrogens with zero attached hydrogens (tertiary/aromatic N) is 3. The van der Waals surface area contributed by atoms with Gasteiger partial charge in [0.15, 0.2) is 11.6 Å². The van der Waals surface area contributed by atoms with Crippen LogP contribution in [0.3, 0.4) is 0 Å². The summed E-state index contributed by atoms with van der Waals surface area (Å²) < 4.78 is 53.2. The van der Waals surface area contributed by atoms with E-state index in [4.69, 9.17) is 9.47 Å². The minimum absolute atomic E-state index is 0.109. The highest BCUT2D eigenvalue weighted by molar-refractivity contribution is 5.97. The normalized spacial score (nSPS) is 14.1. The van der Waals surface area contributed by atoms with Crippen LogP contribution in [0.25, 0.3) is 10.9 Å². The van der Waals surface area contributed by atoms with E-state index in [0.29, 0.717) is 31.9 Å². The largest absolute Gasteiger partial charge is 0.497 e. The second-order valence-corrected chi connectivity index (χ2v) is 7.77. The highest BCUT2D eigenvalue weighted by atomic mass is 19.3. The van der Waals surface area contributed by atoms with Gasteiger partial charge in [-0.2, -0.15) is 8.78 Å². The third-order valence-corrected chi connectivity index (χ3v) is 5.80. The maximum atomic E-state index is 15.3. The van der Waals surface area contributed by atoms with Crippen LogP contribution in [0.5, 0.6) is 11.5 Å². The fourth-order valence-electron chi connectivity index (χ4n) is 4.23. The maximum absolute atomic E-state index is 15.3. The Hall–Kier alpha value is -3.89. The SMILES string of the molecule is COc1cccc(N2CCN(c3c(F)cc4c(=O)c(C(=O)O)cn(C)c4c3OC(F)F)CC2)c1. The molecule has 3 aromatic rings. The third kappa shape index (κ3) is 4.20. The van der Waals surface area contributed by atoms with Crippen molar-refractivity contribution in [3.63, 3.8) is 0 Å². The number of benzene rings is 2. The predicted octanol–water partition coefficient (Wildman–Crippen LogP) is 3.31. The van der Waals surface area contributed by atoms with E-state index in [1.807, 2.05) is 24.3 Å². The van der Waals surface area contributed by atoms with Crippen molar-refractivity contribution in [2.75, 3.05) is 43.1 Å². The average Bonchev–Trinajstić information content (AvgIpc) is 2.81. The number of halogens is 3. The maximum Gasteiger partial charge on any atom is 0.387 e. The quantitative estimate of drug-likeness (QED) is 0.583. The van der Waals surface area contributed by atoms with E-state index in [2.05, 4.69) is 4.90 Å². The van der Waals surface area contributed by atoms with Gasteiger partial charge >= 0.3 is 12.6 Å². The Morgan fingerprint density at radius 1 is 1.12 bits per heavy atom. The van der Waals surface area contributed by atoms with Crippen molar-refractivity contribution in [2.24, 2.45) is 7.05 Å². The zero-order chi connectivity index (χ0) is 24.6. The van der Waals surface area contributed by atoms with Gasteiger partial charge in [-0.1, -0.05) is 6.07 Å². The Labute approximate surface area is 192 Å². The van der Waals surface area contributed by atoms with Gasteiger partial charge in [-0.3, -0.25) is 4.79 Å². The molecule has 0 atom stereocenters. The first kappa shape index (κ1) is 23.3. The zero-order valence-electron chi connectivity index (χ0n) is 18.4. The molecule has 1 aliphatic heterocycles. The fourth-order valence-corrected chi connectivity index (χ4v) is 4.23.